The maximum Gasteiger partial charge on any atom is 0.339 e. The van der Waals surface area contributed by atoms with Crippen LogP contribution in [0.25, 0.3) is 0 Å². The molecule has 7 nitrogen and oxygen atoms in total. The first-order valence-corrected chi connectivity index (χ1v) is 12.2. The second-order valence-electron chi connectivity index (χ2n) is 7.04. The molecule has 29 heavy (non-hydrogen) atoms. The Morgan fingerprint density at radius 3 is 2.07 bits per heavy atom. The summed E-state index contributed by atoms with van der Waals surface area (Å²) in [4.78, 5) is 0.0573. The van der Waals surface area contributed by atoms with Crippen molar-refractivity contribution in [3.05, 3.63) is 54.1 Å². The van der Waals surface area contributed by atoms with Gasteiger partial charge in [-0.25, -0.2) is 13.1 Å². The second-order valence-corrected chi connectivity index (χ2v) is 10.4. The Bertz CT molecular complexity index is 982. The molecule has 0 bridgehead atoms. The first-order chi connectivity index (χ1) is 13.6. The first-order valence-electron chi connectivity index (χ1n) is 9.29. The largest absolute Gasteiger partial charge is 0.381 e. The van der Waals surface area contributed by atoms with Crippen molar-refractivity contribution in [1.82, 2.24) is 4.72 Å². The normalized spacial score (nSPS) is 12.3. The fraction of sp³-hybridized carbons (Fsp3) is 0.400. The molecule has 1 N–H and O–H groups in total. The van der Waals surface area contributed by atoms with Crippen LogP contribution in [0.3, 0.4) is 0 Å². The topological polar surface area (TPSA) is 98.8 Å². The molecule has 0 aromatic heterocycles. The lowest BCUT2D eigenvalue weighted by Gasteiger charge is -2.10. The molecular formula is C20H27NO6S2. The summed E-state index contributed by atoms with van der Waals surface area (Å²) in [5.74, 6) is 0.467. The highest BCUT2D eigenvalue weighted by Gasteiger charge is 2.18. The number of aryl methyl sites for hydroxylation is 1. The number of sulfonamides is 1. The summed E-state index contributed by atoms with van der Waals surface area (Å²) < 4.78 is 62.2. The molecule has 2 aromatic rings. The highest BCUT2D eigenvalue weighted by atomic mass is 32.2. The molecule has 9 heteroatoms. The van der Waals surface area contributed by atoms with E-state index < -0.39 is 20.1 Å². The molecule has 2 aromatic carbocycles. The van der Waals surface area contributed by atoms with E-state index in [9.17, 15) is 16.8 Å². The van der Waals surface area contributed by atoms with E-state index in [4.69, 9.17) is 8.92 Å². The van der Waals surface area contributed by atoms with E-state index in [1.165, 1.54) is 36.4 Å². The smallest absolute Gasteiger partial charge is 0.339 e. The van der Waals surface area contributed by atoms with Crippen molar-refractivity contribution in [2.75, 3.05) is 19.8 Å². The quantitative estimate of drug-likeness (QED) is 0.425. The molecule has 0 aliphatic heterocycles. The van der Waals surface area contributed by atoms with Gasteiger partial charge in [0.2, 0.25) is 10.0 Å². The van der Waals surface area contributed by atoms with Gasteiger partial charge in [-0.15, -0.1) is 0 Å². The van der Waals surface area contributed by atoms with Gasteiger partial charge in [-0.2, -0.15) is 8.42 Å². The van der Waals surface area contributed by atoms with Gasteiger partial charge in [0.15, 0.2) is 0 Å². The van der Waals surface area contributed by atoms with Crippen molar-refractivity contribution in [3.8, 4) is 5.75 Å². The summed E-state index contributed by atoms with van der Waals surface area (Å²) in [6.07, 6.45) is 0.557. The van der Waals surface area contributed by atoms with Crippen molar-refractivity contribution in [2.24, 2.45) is 5.92 Å². The number of hydrogen-bond donors (Lipinski definition) is 1. The van der Waals surface area contributed by atoms with Gasteiger partial charge >= 0.3 is 10.1 Å². The van der Waals surface area contributed by atoms with E-state index in [1.54, 1.807) is 12.1 Å². The second kappa shape index (κ2) is 10.2. The van der Waals surface area contributed by atoms with Crippen LogP contribution in [0.2, 0.25) is 0 Å². The van der Waals surface area contributed by atoms with Crippen LogP contribution in [0, 0.1) is 12.8 Å². The summed E-state index contributed by atoms with van der Waals surface area (Å²) >= 11 is 0. The third-order valence-electron chi connectivity index (χ3n) is 3.86. The monoisotopic (exact) mass is 441 g/mol. The van der Waals surface area contributed by atoms with Crippen molar-refractivity contribution in [2.45, 2.75) is 37.0 Å². The lowest BCUT2D eigenvalue weighted by molar-refractivity contribution is 0.108. The van der Waals surface area contributed by atoms with Gasteiger partial charge in [-0.05, 0) is 55.7 Å². The maximum atomic E-state index is 12.3. The zero-order chi connectivity index (χ0) is 21.5. The molecule has 0 atom stereocenters. The van der Waals surface area contributed by atoms with Gasteiger partial charge < -0.3 is 8.92 Å². The molecular weight excluding hydrogens is 414 g/mol. The third kappa shape index (κ3) is 7.43. The highest BCUT2D eigenvalue weighted by Crippen LogP contribution is 2.21. The Hall–Kier alpha value is -1.94. The van der Waals surface area contributed by atoms with Gasteiger partial charge in [-0.3, -0.25) is 0 Å². The van der Waals surface area contributed by atoms with Crippen LogP contribution in [-0.2, 0) is 24.9 Å². The fourth-order valence-corrected chi connectivity index (χ4v) is 4.34. The molecule has 0 unspecified atom stereocenters. The molecule has 160 valence electrons. The summed E-state index contributed by atoms with van der Waals surface area (Å²) in [5.41, 5.74) is 0.928. The standard InChI is InChI=1S/C20H27NO6S2/c1-16(2)15-26-14-4-13-21-28(22,23)19-11-7-18(8-12-19)27-29(24,25)20-9-5-17(3)6-10-20/h5-12,16,21H,4,13-15H2,1-3H3. The lowest BCUT2D eigenvalue weighted by atomic mass is 10.2. The SMILES string of the molecule is Cc1ccc(S(=O)(=O)Oc2ccc(S(=O)(=O)NCCCOCC(C)C)cc2)cc1. The Morgan fingerprint density at radius 2 is 1.48 bits per heavy atom. The Kier molecular flexibility index (Phi) is 8.21. The Labute approximate surface area is 173 Å². The van der Waals surface area contributed by atoms with Crippen LogP contribution in [0.5, 0.6) is 5.75 Å². The van der Waals surface area contributed by atoms with E-state index in [1.807, 2.05) is 20.8 Å². The molecule has 2 rings (SSSR count). The minimum Gasteiger partial charge on any atom is -0.381 e. The van der Waals surface area contributed by atoms with Crippen molar-refractivity contribution in [1.29, 1.82) is 0 Å². The van der Waals surface area contributed by atoms with E-state index >= 15 is 0 Å². The molecule has 0 spiro atoms. The van der Waals surface area contributed by atoms with Gasteiger partial charge in [0.05, 0.1) is 4.90 Å². The number of ether oxygens (including phenoxy) is 1. The molecule has 0 fully saturated rings. The van der Waals surface area contributed by atoms with Gasteiger partial charge in [0.1, 0.15) is 10.6 Å². The van der Waals surface area contributed by atoms with Crippen LogP contribution in [0.4, 0.5) is 0 Å². The fourth-order valence-electron chi connectivity index (χ4n) is 2.34. The van der Waals surface area contributed by atoms with Gasteiger partial charge in [0, 0.05) is 19.8 Å². The van der Waals surface area contributed by atoms with E-state index in [0.29, 0.717) is 25.6 Å². The minimum atomic E-state index is -3.99. The van der Waals surface area contributed by atoms with Crippen LogP contribution < -0.4 is 8.91 Å². The number of nitrogens with one attached hydrogen (secondary N) is 1. The maximum absolute atomic E-state index is 12.3. The van der Waals surface area contributed by atoms with E-state index in [-0.39, 0.29) is 22.1 Å². The van der Waals surface area contributed by atoms with Crippen molar-refractivity contribution in [3.63, 3.8) is 0 Å². The summed E-state index contributed by atoms with van der Waals surface area (Å²) in [5, 5.41) is 0. The van der Waals surface area contributed by atoms with E-state index in [2.05, 4.69) is 4.72 Å². The minimum absolute atomic E-state index is 0.0284. The predicted molar refractivity (Wildman–Crippen MR) is 111 cm³/mol. The van der Waals surface area contributed by atoms with Crippen molar-refractivity contribution >= 4 is 20.1 Å². The van der Waals surface area contributed by atoms with Gasteiger partial charge in [-0.1, -0.05) is 31.5 Å². The molecule has 0 saturated carbocycles. The molecule has 0 aliphatic rings. The molecule has 0 aliphatic carbocycles. The average Bonchev–Trinajstić information content (AvgIpc) is 2.65. The summed E-state index contributed by atoms with van der Waals surface area (Å²) in [6.45, 7) is 7.30. The van der Waals surface area contributed by atoms with Crippen LogP contribution in [0.1, 0.15) is 25.8 Å². The molecule has 0 heterocycles. The first kappa shape index (κ1) is 23.3. The number of rotatable bonds is 11. The highest BCUT2D eigenvalue weighted by molar-refractivity contribution is 7.89. The number of benzene rings is 2. The zero-order valence-electron chi connectivity index (χ0n) is 16.8. The molecule has 0 saturated heterocycles. The molecule has 0 radical (unpaired) electrons. The predicted octanol–water partition coefficient (Wildman–Crippen LogP) is 3.10. The van der Waals surface area contributed by atoms with E-state index in [0.717, 1.165) is 5.56 Å². The number of hydrogen-bond acceptors (Lipinski definition) is 6. The Morgan fingerprint density at radius 1 is 0.897 bits per heavy atom. The molecule has 0 amide bonds. The zero-order valence-corrected chi connectivity index (χ0v) is 18.4. The third-order valence-corrected chi connectivity index (χ3v) is 6.60. The average molecular weight is 442 g/mol. The lowest BCUT2D eigenvalue weighted by Crippen LogP contribution is -2.25. The van der Waals surface area contributed by atoms with Crippen LogP contribution in [-0.4, -0.2) is 36.6 Å². The van der Waals surface area contributed by atoms with Crippen LogP contribution in [0.15, 0.2) is 58.3 Å². The summed E-state index contributed by atoms with van der Waals surface area (Å²) in [7, 11) is -7.68. The summed E-state index contributed by atoms with van der Waals surface area (Å²) in [6, 6.07) is 11.5. The Balaban J connectivity index is 1.94. The van der Waals surface area contributed by atoms with Crippen LogP contribution >= 0.6 is 0 Å². The van der Waals surface area contributed by atoms with Crippen molar-refractivity contribution < 1.29 is 25.8 Å². The van der Waals surface area contributed by atoms with Gasteiger partial charge in [0.25, 0.3) is 0 Å².